The number of hydrazone groups is 1. The number of benzene rings is 3. The molecule has 0 bridgehead atoms. The van der Waals surface area contributed by atoms with Gasteiger partial charge in [0.05, 0.1) is 6.21 Å². The van der Waals surface area contributed by atoms with Crippen molar-refractivity contribution in [2.75, 3.05) is 11.9 Å². The summed E-state index contributed by atoms with van der Waals surface area (Å²) in [5, 5.41) is 9.29. The van der Waals surface area contributed by atoms with E-state index in [4.69, 9.17) is 4.74 Å². The van der Waals surface area contributed by atoms with Crippen LogP contribution in [0.5, 0.6) is 5.75 Å². The maximum absolute atomic E-state index is 12.4. The van der Waals surface area contributed by atoms with Crippen LogP contribution in [0, 0.1) is 0 Å². The van der Waals surface area contributed by atoms with E-state index in [0.717, 1.165) is 23.2 Å². The highest BCUT2D eigenvalue weighted by Gasteiger charge is 2.13. The molecule has 8 nitrogen and oxygen atoms in total. The Kier molecular flexibility index (Phi) is 9.96. The zero-order chi connectivity index (χ0) is 26.6. The van der Waals surface area contributed by atoms with E-state index >= 15 is 0 Å². The monoisotopic (exact) mass is 500 g/mol. The molecule has 37 heavy (non-hydrogen) atoms. The number of carbonyl (C=O) groups excluding carboxylic acids is 3. The van der Waals surface area contributed by atoms with Crippen LogP contribution in [0.3, 0.4) is 0 Å². The van der Waals surface area contributed by atoms with E-state index in [-0.39, 0.29) is 19.1 Å². The van der Waals surface area contributed by atoms with Gasteiger partial charge in [-0.2, -0.15) is 5.10 Å². The van der Waals surface area contributed by atoms with Crippen molar-refractivity contribution >= 4 is 29.6 Å². The van der Waals surface area contributed by atoms with Crippen LogP contribution in [-0.4, -0.2) is 30.5 Å². The molecule has 192 valence electrons. The maximum Gasteiger partial charge on any atom is 0.329 e. The van der Waals surface area contributed by atoms with E-state index in [0.29, 0.717) is 17.2 Å². The van der Waals surface area contributed by atoms with Crippen molar-refractivity contribution in [3.8, 4) is 5.75 Å². The van der Waals surface area contributed by atoms with Crippen molar-refractivity contribution in [1.82, 2.24) is 10.7 Å². The van der Waals surface area contributed by atoms with Gasteiger partial charge in [-0.15, -0.1) is 0 Å². The average Bonchev–Trinajstić information content (AvgIpc) is 2.91. The standard InChI is InChI=1S/C29H32N4O4/c1-4-22-9-5-7-11-25(22)32-27(34)19-37-26-12-8-6-10-24(26)18-31-33-29(36)28(35)30-17-21-13-15-23(16-14-21)20(2)3/h5-16,18,20H,4,17,19H2,1-3H3,(H,30,35)(H,32,34)(H,33,36)/b31-18-. The number of para-hydroxylation sites is 2. The molecule has 0 aliphatic rings. The number of hydrogen-bond donors (Lipinski definition) is 3. The molecule has 3 amide bonds. The van der Waals surface area contributed by atoms with Crippen LogP contribution in [0.2, 0.25) is 0 Å². The van der Waals surface area contributed by atoms with E-state index in [1.54, 1.807) is 24.3 Å². The highest BCUT2D eigenvalue weighted by atomic mass is 16.5. The first kappa shape index (κ1) is 27.1. The van der Waals surface area contributed by atoms with Gasteiger partial charge >= 0.3 is 11.8 Å². The van der Waals surface area contributed by atoms with Gasteiger partial charge < -0.3 is 15.4 Å². The Morgan fingerprint density at radius 2 is 1.62 bits per heavy atom. The van der Waals surface area contributed by atoms with Gasteiger partial charge in [-0.1, -0.05) is 75.4 Å². The number of carbonyl (C=O) groups is 3. The first-order chi connectivity index (χ1) is 17.9. The lowest BCUT2D eigenvalue weighted by Gasteiger charge is -2.11. The van der Waals surface area contributed by atoms with Gasteiger partial charge in [-0.05, 0) is 47.2 Å². The van der Waals surface area contributed by atoms with E-state index < -0.39 is 11.8 Å². The van der Waals surface area contributed by atoms with Crippen LogP contribution in [-0.2, 0) is 27.3 Å². The number of amides is 3. The number of aryl methyl sites for hydroxylation is 1. The Balaban J connectivity index is 1.49. The fraction of sp³-hybridized carbons (Fsp3) is 0.241. The second-order valence-corrected chi connectivity index (χ2v) is 8.66. The van der Waals surface area contributed by atoms with Crippen LogP contribution in [0.4, 0.5) is 5.69 Å². The molecule has 0 spiro atoms. The van der Waals surface area contributed by atoms with Gasteiger partial charge in [0.2, 0.25) is 0 Å². The minimum absolute atomic E-state index is 0.199. The fourth-order valence-corrected chi connectivity index (χ4v) is 3.49. The molecule has 0 fully saturated rings. The largest absolute Gasteiger partial charge is 0.483 e. The fourth-order valence-electron chi connectivity index (χ4n) is 3.49. The minimum Gasteiger partial charge on any atom is -0.483 e. The number of ether oxygens (including phenoxy) is 1. The van der Waals surface area contributed by atoms with Gasteiger partial charge in [0.15, 0.2) is 6.61 Å². The van der Waals surface area contributed by atoms with E-state index in [2.05, 4.69) is 35.0 Å². The van der Waals surface area contributed by atoms with Gasteiger partial charge in [0, 0.05) is 17.8 Å². The van der Waals surface area contributed by atoms with E-state index in [1.807, 2.05) is 55.5 Å². The Morgan fingerprint density at radius 1 is 0.919 bits per heavy atom. The second-order valence-electron chi connectivity index (χ2n) is 8.66. The quantitative estimate of drug-likeness (QED) is 0.221. The van der Waals surface area contributed by atoms with Crippen LogP contribution in [0.15, 0.2) is 77.9 Å². The normalized spacial score (nSPS) is 10.8. The molecule has 3 rings (SSSR count). The highest BCUT2D eigenvalue weighted by Crippen LogP contribution is 2.18. The Bertz CT molecular complexity index is 1250. The first-order valence-electron chi connectivity index (χ1n) is 12.2. The van der Waals surface area contributed by atoms with Gasteiger partial charge in [-0.25, -0.2) is 5.43 Å². The lowest BCUT2D eigenvalue weighted by molar-refractivity contribution is -0.139. The molecular weight excluding hydrogens is 468 g/mol. The second kappa shape index (κ2) is 13.6. The molecule has 3 N–H and O–H groups in total. The minimum atomic E-state index is -0.887. The van der Waals surface area contributed by atoms with E-state index in [9.17, 15) is 14.4 Å². The van der Waals surface area contributed by atoms with Crippen molar-refractivity contribution in [2.24, 2.45) is 5.10 Å². The summed E-state index contributed by atoms with van der Waals surface area (Å²) in [6, 6.07) is 22.4. The molecule has 0 saturated carbocycles. The molecule has 3 aromatic carbocycles. The molecule has 8 heteroatoms. The summed E-state index contributed by atoms with van der Waals surface area (Å²) in [4.78, 5) is 36.6. The van der Waals surface area contributed by atoms with Gasteiger partial charge in [0.1, 0.15) is 5.75 Å². The van der Waals surface area contributed by atoms with Crippen molar-refractivity contribution < 1.29 is 19.1 Å². The van der Waals surface area contributed by atoms with Crippen molar-refractivity contribution in [3.05, 3.63) is 95.1 Å². The molecule has 0 aromatic heterocycles. The summed E-state index contributed by atoms with van der Waals surface area (Å²) >= 11 is 0. The Morgan fingerprint density at radius 3 is 2.35 bits per heavy atom. The maximum atomic E-state index is 12.4. The van der Waals surface area contributed by atoms with Gasteiger partial charge in [-0.3, -0.25) is 14.4 Å². The zero-order valence-corrected chi connectivity index (χ0v) is 21.3. The average molecular weight is 501 g/mol. The molecule has 0 aliphatic carbocycles. The summed E-state index contributed by atoms with van der Waals surface area (Å²) < 4.78 is 5.66. The van der Waals surface area contributed by atoms with Crippen molar-refractivity contribution in [2.45, 2.75) is 39.7 Å². The smallest absolute Gasteiger partial charge is 0.329 e. The molecular formula is C29H32N4O4. The topological polar surface area (TPSA) is 109 Å². The number of anilines is 1. The summed E-state index contributed by atoms with van der Waals surface area (Å²) in [5.74, 6) is -1.14. The van der Waals surface area contributed by atoms with Crippen LogP contribution < -0.4 is 20.8 Å². The summed E-state index contributed by atoms with van der Waals surface area (Å²) in [6.45, 7) is 6.27. The molecule has 0 aliphatic heterocycles. The summed E-state index contributed by atoms with van der Waals surface area (Å²) in [6.07, 6.45) is 2.15. The van der Waals surface area contributed by atoms with Crippen molar-refractivity contribution in [1.29, 1.82) is 0 Å². The molecule has 0 heterocycles. The highest BCUT2D eigenvalue weighted by molar-refractivity contribution is 6.35. The van der Waals surface area contributed by atoms with Crippen LogP contribution in [0.1, 0.15) is 48.9 Å². The molecule has 0 atom stereocenters. The summed E-state index contributed by atoms with van der Waals surface area (Å²) in [5.41, 5.74) is 6.63. The molecule has 0 saturated heterocycles. The zero-order valence-electron chi connectivity index (χ0n) is 21.3. The third-order valence-corrected chi connectivity index (χ3v) is 5.63. The first-order valence-corrected chi connectivity index (χ1v) is 12.2. The Labute approximate surface area is 217 Å². The van der Waals surface area contributed by atoms with Crippen LogP contribution in [0.25, 0.3) is 0 Å². The SMILES string of the molecule is CCc1ccccc1NC(=O)COc1ccccc1/C=N\NC(=O)C(=O)NCc1ccc(C(C)C)cc1. The Hall–Kier alpha value is -4.46. The number of rotatable bonds is 10. The molecule has 0 radical (unpaired) electrons. The number of hydrogen-bond acceptors (Lipinski definition) is 5. The third-order valence-electron chi connectivity index (χ3n) is 5.63. The third kappa shape index (κ3) is 8.31. The predicted molar refractivity (Wildman–Crippen MR) is 145 cm³/mol. The summed E-state index contributed by atoms with van der Waals surface area (Å²) in [7, 11) is 0. The number of nitrogens with zero attached hydrogens (tertiary/aromatic N) is 1. The predicted octanol–water partition coefficient (Wildman–Crippen LogP) is 4.16. The molecule has 3 aromatic rings. The van der Waals surface area contributed by atoms with Crippen molar-refractivity contribution in [3.63, 3.8) is 0 Å². The van der Waals surface area contributed by atoms with E-state index in [1.165, 1.54) is 11.8 Å². The molecule has 0 unspecified atom stereocenters. The van der Waals surface area contributed by atoms with Gasteiger partial charge in [0.25, 0.3) is 5.91 Å². The lowest BCUT2D eigenvalue weighted by Crippen LogP contribution is -2.37. The number of nitrogens with one attached hydrogen (secondary N) is 3. The lowest BCUT2D eigenvalue weighted by atomic mass is 10.0. The van der Waals surface area contributed by atoms with Crippen LogP contribution >= 0.6 is 0 Å².